The van der Waals surface area contributed by atoms with Crippen molar-refractivity contribution in [2.24, 2.45) is 5.73 Å². The summed E-state index contributed by atoms with van der Waals surface area (Å²) >= 11 is 5.63. The lowest BCUT2D eigenvalue weighted by molar-refractivity contribution is -0.192. The van der Waals surface area contributed by atoms with Crippen LogP contribution in [0.3, 0.4) is 0 Å². The van der Waals surface area contributed by atoms with Crippen molar-refractivity contribution in [2.45, 2.75) is 25.1 Å². The molecule has 1 atom stereocenters. The molecule has 0 heterocycles. The Labute approximate surface area is 102 Å². The fraction of sp³-hybridized carbons (Fsp3) is 0.364. The highest BCUT2D eigenvalue weighted by Crippen LogP contribution is 2.40. The number of carbonyl (C=O) groups excluding carboxylic acids is 1. The topological polar surface area (TPSA) is 43.1 Å². The molecule has 94 valence electrons. The first kappa shape index (κ1) is 14.0. The summed E-state index contributed by atoms with van der Waals surface area (Å²) < 4.78 is 38.9. The van der Waals surface area contributed by atoms with E-state index in [9.17, 15) is 18.0 Å². The second-order valence-corrected chi connectivity index (χ2v) is 4.29. The third-order valence-corrected chi connectivity index (χ3v) is 2.61. The van der Waals surface area contributed by atoms with Gasteiger partial charge in [-0.1, -0.05) is 23.7 Å². The van der Waals surface area contributed by atoms with E-state index in [1.165, 1.54) is 18.2 Å². The molecule has 0 spiro atoms. The molecule has 0 saturated heterocycles. The molecule has 0 unspecified atom stereocenters. The predicted octanol–water partition coefficient (Wildman–Crippen LogP) is 3.04. The van der Waals surface area contributed by atoms with E-state index in [1.54, 1.807) is 0 Å². The van der Waals surface area contributed by atoms with Gasteiger partial charge in [-0.05, 0) is 24.6 Å². The Morgan fingerprint density at radius 1 is 1.41 bits per heavy atom. The minimum atomic E-state index is -4.72. The normalized spacial score (nSPS) is 15.4. The van der Waals surface area contributed by atoms with Gasteiger partial charge in [-0.2, -0.15) is 13.2 Å². The maximum absolute atomic E-state index is 13.0. The molecule has 2 N–H and O–H groups in total. The highest BCUT2D eigenvalue weighted by molar-refractivity contribution is 6.30. The molecule has 17 heavy (non-hydrogen) atoms. The smallest absolute Gasteiger partial charge is 0.314 e. The predicted molar refractivity (Wildman–Crippen MR) is 58.7 cm³/mol. The fourth-order valence-corrected chi connectivity index (χ4v) is 1.71. The molecule has 2 nitrogen and oxygen atoms in total. The van der Waals surface area contributed by atoms with Crippen LogP contribution >= 0.6 is 11.6 Å². The van der Waals surface area contributed by atoms with Gasteiger partial charge < -0.3 is 5.73 Å². The molecule has 0 aromatic heterocycles. The van der Waals surface area contributed by atoms with Crippen LogP contribution in [0, 0.1) is 0 Å². The minimum absolute atomic E-state index is 0.144. The number of nitrogens with two attached hydrogens (primary N) is 1. The van der Waals surface area contributed by atoms with Crippen LogP contribution < -0.4 is 5.73 Å². The van der Waals surface area contributed by atoms with Crippen molar-refractivity contribution < 1.29 is 18.0 Å². The van der Waals surface area contributed by atoms with Gasteiger partial charge in [0.25, 0.3) is 0 Å². The van der Waals surface area contributed by atoms with Gasteiger partial charge in [0.05, 0.1) is 0 Å². The lowest BCUT2D eigenvalue weighted by atomic mass is 9.85. The summed E-state index contributed by atoms with van der Waals surface area (Å²) in [6.45, 7) is 1.07. The molecule has 0 fully saturated rings. The third-order valence-electron chi connectivity index (χ3n) is 2.37. The SMILES string of the molecule is CC(=O)C[C@](N)(c1cccc(Cl)c1)C(F)(F)F. The molecule has 6 heteroatoms. The number of hydrogen-bond acceptors (Lipinski definition) is 2. The monoisotopic (exact) mass is 265 g/mol. The van der Waals surface area contributed by atoms with Crippen LogP contribution in [-0.2, 0) is 10.3 Å². The summed E-state index contributed by atoms with van der Waals surface area (Å²) in [5.41, 5.74) is 2.46. The van der Waals surface area contributed by atoms with Crippen molar-refractivity contribution in [1.82, 2.24) is 0 Å². The Bertz CT molecular complexity index is 433. The largest absolute Gasteiger partial charge is 0.411 e. The van der Waals surface area contributed by atoms with E-state index in [4.69, 9.17) is 17.3 Å². The van der Waals surface area contributed by atoms with Crippen molar-refractivity contribution in [1.29, 1.82) is 0 Å². The molecule has 1 aromatic carbocycles. The Kier molecular flexibility index (Phi) is 3.84. The lowest BCUT2D eigenvalue weighted by Crippen LogP contribution is -2.51. The van der Waals surface area contributed by atoms with Gasteiger partial charge >= 0.3 is 6.18 Å². The van der Waals surface area contributed by atoms with Crippen molar-refractivity contribution in [3.05, 3.63) is 34.9 Å². The lowest BCUT2D eigenvalue weighted by Gasteiger charge is -2.31. The molecular formula is C11H11ClF3NO. The van der Waals surface area contributed by atoms with E-state index in [2.05, 4.69) is 0 Å². The van der Waals surface area contributed by atoms with Crippen molar-refractivity contribution in [3.63, 3.8) is 0 Å². The van der Waals surface area contributed by atoms with Gasteiger partial charge in [-0.3, -0.25) is 4.79 Å². The van der Waals surface area contributed by atoms with Crippen molar-refractivity contribution in [2.75, 3.05) is 0 Å². The average Bonchev–Trinajstić information content (AvgIpc) is 2.14. The van der Waals surface area contributed by atoms with Crippen molar-refractivity contribution in [3.8, 4) is 0 Å². The van der Waals surface area contributed by atoms with E-state index >= 15 is 0 Å². The number of hydrogen-bond donors (Lipinski definition) is 1. The van der Waals surface area contributed by atoms with Crippen LogP contribution in [0.2, 0.25) is 5.02 Å². The zero-order chi connectivity index (χ0) is 13.3. The number of benzene rings is 1. The van der Waals surface area contributed by atoms with E-state index < -0.39 is 23.9 Å². The zero-order valence-electron chi connectivity index (χ0n) is 9.01. The second kappa shape index (κ2) is 4.66. The Hall–Kier alpha value is -1.07. The molecule has 1 rings (SSSR count). The number of alkyl halides is 3. The quantitative estimate of drug-likeness (QED) is 0.913. The summed E-state index contributed by atoms with van der Waals surface area (Å²) in [4.78, 5) is 11.0. The Balaban J connectivity index is 3.29. The van der Waals surface area contributed by atoms with Gasteiger partial charge in [-0.15, -0.1) is 0 Å². The molecule has 1 aromatic rings. The first-order valence-corrected chi connectivity index (χ1v) is 5.16. The van der Waals surface area contributed by atoms with Crippen LogP contribution in [0.25, 0.3) is 0 Å². The van der Waals surface area contributed by atoms with Crippen LogP contribution in [0.5, 0.6) is 0 Å². The number of halogens is 4. The summed E-state index contributed by atoms with van der Waals surface area (Å²) in [5.74, 6) is -0.634. The third kappa shape index (κ3) is 2.98. The Morgan fingerprint density at radius 3 is 2.41 bits per heavy atom. The second-order valence-electron chi connectivity index (χ2n) is 3.86. The molecule has 0 radical (unpaired) electrons. The zero-order valence-corrected chi connectivity index (χ0v) is 9.77. The Morgan fingerprint density at radius 2 is 2.00 bits per heavy atom. The van der Waals surface area contributed by atoms with Crippen LogP contribution in [0.15, 0.2) is 24.3 Å². The number of rotatable bonds is 3. The van der Waals surface area contributed by atoms with Crippen LogP contribution in [-0.4, -0.2) is 12.0 Å². The standard InChI is InChI=1S/C11H11ClF3NO/c1-7(17)6-10(16,11(13,14)15)8-3-2-4-9(12)5-8/h2-5H,6,16H2,1H3/t10-/m0/s1. The summed E-state index contributed by atoms with van der Waals surface area (Å²) in [6, 6.07) is 5.14. The molecule has 0 aliphatic carbocycles. The van der Waals surface area contributed by atoms with Crippen molar-refractivity contribution >= 4 is 17.4 Å². The van der Waals surface area contributed by atoms with Gasteiger partial charge in [-0.25, -0.2) is 0 Å². The van der Waals surface area contributed by atoms with Gasteiger partial charge in [0, 0.05) is 11.4 Å². The van der Waals surface area contributed by atoms with Gasteiger partial charge in [0.15, 0.2) is 0 Å². The number of Topliss-reactive ketones (excluding diaryl/α,β-unsaturated/α-hetero) is 1. The molecule has 0 amide bonds. The first-order chi connectivity index (χ1) is 7.67. The summed E-state index contributed by atoms with van der Waals surface area (Å²) in [6.07, 6.45) is -5.53. The van der Waals surface area contributed by atoms with E-state index in [0.717, 1.165) is 13.0 Å². The van der Waals surface area contributed by atoms with Crippen LogP contribution in [0.4, 0.5) is 13.2 Å². The molecule has 0 aliphatic rings. The highest BCUT2D eigenvalue weighted by Gasteiger charge is 2.53. The molecular weight excluding hydrogens is 255 g/mol. The maximum Gasteiger partial charge on any atom is 0.411 e. The number of carbonyl (C=O) groups is 1. The highest BCUT2D eigenvalue weighted by atomic mass is 35.5. The first-order valence-electron chi connectivity index (χ1n) is 4.78. The van der Waals surface area contributed by atoms with Crippen LogP contribution in [0.1, 0.15) is 18.9 Å². The minimum Gasteiger partial charge on any atom is -0.314 e. The van der Waals surface area contributed by atoms with E-state index in [1.807, 2.05) is 0 Å². The molecule has 0 saturated carbocycles. The average molecular weight is 266 g/mol. The molecule has 0 aliphatic heterocycles. The van der Waals surface area contributed by atoms with Gasteiger partial charge in [0.1, 0.15) is 11.3 Å². The maximum atomic E-state index is 13.0. The molecule has 0 bridgehead atoms. The van der Waals surface area contributed by atoms with Gasteiger partial charge in [0.2, 0.25) is 0 Å². The van der Waals surface area contributed by atoms with E-state index in [-0.39, 0.29) is 10.6 Å². The summed E-state index contributed by atoms with van der Waals surface area (Å²) in [7, 11) is 0. The summed E-state index contributed by atoms with van der Waals surface area (Å²) in [5, 5.41) is 0.144. The van der Waals surface area contributed by atoms with E-state index in [0.29, 0.717) is 0 Å². The fourth-order valence-electron chi connectivity index (χ4n) is 1.52. The number of ketones is 1.